The summed E-state index contributed by atoms with van der Waals surface area (Å²) in [5.74, 6) is -0.497. The molecule has 6 nitrogen and oxygen atoms in total. The number of aromatic nitrogens is 1. The fourth-order valence-corrected chi connectivity index (χ4v) is 2.51. The molecule has 3 rings (SSSR count). The first-order valence-electron chi connectivity index (χ1n) is 8.29. The van der Waals surface area contributed by atoms with Crippen molar-refractivity contribution in [3.63, 3.8) is 0 Å². The number of hydrogen-bond donors (Lipinski definition) is 1. The van der Waals surface area contributed by atoms with Gasteiger partial charge in [0.05, 0.1) is 24.1 Å². The van der Waals surface area contributed by atoms with E-state index in [2.05, 4.69) is 10.3 Å². The average Bonchev–Trinajstić information content (AvgIpc) is 2.73. The number of hydrogen-bond acceptors (Lipinski definition) is 5. The minimum Gasteiger partial charge on any atom is -0.465 e. The molecule has 0 saturated carbocycles. The van der Waals surface area contributed by atoms with E-state index >= 15 is 0 Å². The van der Waals surface area contributed by atoms with E-state index in [4.69, 9.17) is 9.47 Å². The molecule has 0 atom stereocenters. The Morgan fingerprint density at radius 2 is 1.78 bits per heavy atom. The number of pyridine rings is 1. The van der Waals surface area contributed by atoms with Gasteiger partial charge in [-0.3, -0.25) is 10.3 Å². The zero-order valence-electron chi connectivity index (χ0n) is 14.7. The number of carbonyl (C=O) groups excluding carboxylic acids is 2. The number of methoxy groups -OCH3 is 1. The molecule has 0 aliphatic rings. The summed E-state index contributed by atoms with van der Waals surface area (Å²) in [6, 6.07) is 19.7. The molecule has 0 aliphatic heterocycles. The molecule has 2 aromatic carbocycles. The predicted octanol–water partition coefficient (Wildman–Crippen LogP) is 4.28. The zero-order chi connectivity index (χ0) is 19.1. The highest BCUT2D eigenvalue weighted by molar-refractivity contribution is 5.96. The van der Waals surface area contributed by atoms with Crippen LogP contribution in [0.1, 0.15) is 15.9 Å². The fraction of sp³-hybridized carbons (Fsp3) is 0.0952. The zero-order valence-corrected chi connectivity index (χ0v) is 14.7. The molecule has 0 fully saturated rings. The van der Waals surface area contributed by atoms with Crippen LogP contribution in [0.2, 0.25) is 0 Å². The van der Waals surface area contributed by atoms with Gasteiger partial charge in [0.1, 0.15) is 6.61 Å². The highest BCUT2D eigenvalue weighted by atomic mass is 16.5. The monoisotopic (exact) mass is 362 g/mol. The van der Waals surface area contributed by atoms with E-state index in [1.165, 1.54) is 7.11 Å². The summed E-state index contributed by atoms with van der Waals surface area (Å²) in [6.07, 6.45) is 1.03. The van der Waals surface area contributed by atoms with Crippen LogP contribution in [0.4, 0.5) is 10.5 Å². The highest BCUT2D eigenvalue weighted by Crippen LogP contribution is 2.28. The first-order chi connectivity index (χ1) is 13.2. The fourth-order valence-electron chi connectivity index (χ4n) is 2.51. The number of anilines is 1. The van der Waals surface area contributed by atoms with Crippen LogP contribution in [-0.4, -0.2) is 24.2 Å². The van der Waals surface area contributed by atoms with Crippen molar-refractivity contribution in [2.45, 2.75) is 6.61 Å². The molecule has 0 saturated heterocycles. The van der Waals surface area contributed by atoms with Crippen molar-refractivity contribution in [1.29, 1.82) is 0 Å². The Bertz CT molecular complexity index is 927. The standard InChI is InChI=1S/C21H18N2O4/c1-26-20(24)16-10-11-17(18-9-5-6-12-22-18)19(13-16)23-21(25)27-14-15-7-3-2-4-8-15/h2-13H,14H2,1H3,(H,23,25). The normalized spacial score (nSPS) is 10.1. The first-order valence-corrected chi connectivity index (χ1v) is 8.29. The second-order valence-electron chi connectivity index (χ2n) is 5.65. The lowest BCUT2D eigenvalue weighted by Crippen LogP contribution is -2.15. The lowest BCUT2D eigenvalue weighted by molar-refractivity contribution is 0.0600. The molecule has 27 heavy (non-hydrogen) atoms. The smallest absolute Gasteiger partial charge is 0.411 e. The van der Waals surface area contributed by atoms with Crippen LogP contribution < -0.4 is 5.32 Å². The minimum absolute atomic E-state index is 0.141. The third kappa shape index (κ3) is 4.70. The van der Waals surface area contributed by atoms with Gasteiger partial charge >= 0.3 is 12.1 Å². The van der Waals surface area contributed by atoms with Crippen LogP contribution in [0.25, 0.3) is 11.3 Å². The molecule has 0 spiro atoms. The predicted molar refractivity (Wildman–Crippen MR) is 101 cm³/mol. The second-order valence-corrected chi connectivity index (χ2v) is 5.65. The number of nitrogens with one attached hydrogen (secondary N) is 1. The maximum atomic E-state index is 12.3. The van der Waals surface area contributed by atoms with Crippen LogP contribution in [-0.2, 0) is 16.1 Å². The Kier molecular flexibility index (Phi) is 5.79. The van der Waals surface area contributed by atoms with Crippen LogP contribution in [0.3, 0.4) is 0 Å². The topological polar surface area (TPSA) is 77.5 Å². The molecular weight excluding hydrogens is 344 g/mol. The van der Waals surface area contributed by atoms with Crippen molar-refractivity contribution >= 4 is 17.7 Å². The lowest BCUT2D eigenvalue weighted by atomic mass is 10.1. The summed E-state index contributed by atoms with van der Waals surface area (Å²) < 4.78 is 10.0. The van der Waals surface area contributed by atoms with Gasteiger partial charge < -0.3 is 9.47 Å². The Hall–Kier alpha value is -3.67. The highest BCUT2D eigenvalue weighted by Gasteiger charge is 2.14. The number of benzene rings is 2. The molecular formula is C21H18N2O4. The SMILES string of the molecule is COC(=O)c1ccc(-c2ccccn2)c(NC(=O)OCc2ccccc2)c1. The average molecular weight is 362 g/mol. The van der Waals surface area contributed by atoms with Gasteiger partial charge in [-0.25, -0.2) is 9.59 Å². The molecule has 0 unspecified atom stereocenters. The van der Waals surface area contributed by atoms with Crippen molar-refractivity contribution in [1.82, 2.24) is 4.98 Å². The Morgan fingerprint density at radius 1 is 1.00 bits per heavy atom. The van der Waals surface area contributed by atoms with Gasteiger partial charge in [0.25, 0.3) is 0 Å². The van der Waals surface area contributed by atoms with E-state index in [-0.39, 0.29) is 6.61 Å². The van der Waals surface area contributed by atoms with Gasteiger partial charge in [-0.1, -0.05) is 36.4 Å². The summed E-state index contributed by atoms with van der Waals surface area (Å²) >= 11 is 0. The maximum Gasteiger partial charge on any atom is 0.411 e. The Balaban J connectivity index is 1.82. The van der Waals surface area contributed by atoms with Crippen molar-refractivity contribution in [2.75, 3.05) is 12.4 Å². The third-order valence-corrected chi connectivity index (χ3v) is 3.83. The van der Waals surface area contributed by atoms with Crippen LogP contribution in [0.15, 0.2) is 72.9 Å². The first kappa shape index (κ1) is 18.1. The van der Waals surface area contributed by atoms with Crippen molar-refractivity contribution < 1.29 is 19.1 Å². The van der Waals surface area contributed by atoms with Gasteiger partial charge in [-0.2, -0.15) is 0 Å². The van der Waals surface area contributed by atoms with Crippen LogP contribution >= 0.6 is 0 Å². The summed E-state index contributed by atoms with van der Waals surface area (Å²) in [7, 11) is 1.30. The van der Waals surface area contributed by atoms with Gasteiger partial charge in [-0.05, 0) is 35.9 Å². The van der Waals surface area contributed by atoms with E-state index in [1.54, 1.807) is 30.5 Å². The molecule has 1 amide bonds. The quantitative estimate of drug-likeness (QED) is 0.685. The molecule has 136 valence electrons. The van der Waals surface area contributed by atoms with E-state index in [9.17, 15) is 9.59 Å². The largest absolute Gasteiger partial charge is 0.465 e. The van der Waals surface area contributed by atoms with Gasteiger partial charge in [0.15, 0.2) is 0 Å². The summed E-state index contributed by atoms with van der Waals surface area (Å²) in [5, 5.41) is 2.69. The Labute approximate surface area is 156 Å². The molecule has 6 heteroatoms. The molecule has 1 N–H and O–H groups in total. The number of nitrogens with zero attached hydrogens (tertiary/aromatic N) is 1. The number of ether oxygens (including phenoxy) is 2. The number of carbonyl (C=O) groups is 2. The number of rotatable bonds is 5. The summed E-state index contributed by atoms with van der Waals surface area (Å²) in [4.78, 5) is 28.4. The maximum absolute atomic E-state index is 12.3. The molecule has 0 radical (unpaired) electrons. The Morgan fingerprint density at radius 3 is 2.48 bits per heavy atom. The van der Waals surface area contributed by atoms with Gasteiger partial charge in [0, 0.05) is 11.8 Å². The molecule has 3 aromatic rings. The minimum atomic E-state index is -0.627. The molecule has 0 bridgehead atoms. The molecule has 1 heterocycles. The van der Waals surface area contributed by atoms with E-state index in [0.717, 1.165) is 5.56 Å². The lowest BCUT2D eigenvalue weighted by Gasteiger charge is -2.13. The van der Waals surface area contributed by atoms with E-state index < -0.39 is 12.1 Å². The van der Waals surface area contributed by atoms with Gasteiger partial charge in [0.2, 0.25) is 0 Å². The van der Waals surface area contributed by atoms with Crippen molar-refractivity contribution in [3.05, 3.63) is 84.1 Å². The van der Waals surface area contributed by atoms with Gasteiger partial charge in [-0.15, -0.1) is 0 Å². The second kappa shape index (κ2) is 8.62. The number of amides is 1. The third-order valence-electron chi connectivity index (χ3n) is 3.83. The van der Waals surface area contributed by atoms with E-state index in [0.29, 0.717) is 22.5 Å². The molecule has 1 aromatic heterocycles. The summed E-state index contributed by atoms with van der Waals surface area (Å²) in [6.45, 7) is 0.141. The van der Waals surface area contributed by atoms with Crippen molar-refractivity contribution in [2.24, 2.45) is 0 Å². The summed E-state index contributed by atoms with van der Waals surface area (Å²) in [5.41, 5.74) is 2.93. The van der Waals surface area contributed by atoms with Crippen LogP contribution in [0, 0.1) is 0 Å². The van der Waals surface area contributed by atoms with E-state index in [1.807, 2.05) is 42.5 Å². The molecule has 0 aliphatic carbocycles. The number of esters is 1. The van der Waals surface area contributed by atoms with Crippen LogP contribution in [0.5, 0.6) is 0 Å². The van der Waals surface area contributed by atoms with Crippen molar-refractivity contribution in [3.8, 4) is 11.3 Å².